The van der Waals surface area contributed by atoms with Gasteiger partial charge >= 0.3 is 0 Å². The molecular formula is C18H19BrN4O3S. The fourth-order valence-electron chi connectivity index (χ4n) is 3.06. The van der Waals surface area contributed by atoms with Crippen molar-refractivity contribution < 1.29 is 13.0 Å². The molecular weight excluding hydrogens is 432 g/mol. The molecule has 2 aliphatic heterocycles. The van der Waals surface area contributed by atoms with E-state index < -0.39 is 10.1 Å². The monoisotopic (exact) mass is 450 g/mol. The van der Waals surface area contributed by atoms with Crippen molar-refractivity contribution in [3.05, 3.63) is 52.3 Å². The average Bonchev–Trinajstić information content (AvgIpc) is 2.90. The first-order chi connectivity index (χ1) is 12.8. The lowest BCUT2D eigenvalue weighted by Gasteiger charge is -2.29. The van der Waals surface area contributed by atoms with Gasteiger partial charge in [0.25, 0.3) is 10.1 Å². The van der Waals surface area contributed by atoms with Gasteiger partial charge in [-0.05, 0) is 41.1 Å². The molecule has 2 saturated heterocycles. The van der Waals surface area contributed by atoms with Crippen molar-refractivity contribution in [1.82, 2.24) is 10.3 Å². The summed E-state index contributed by atoms with van der Waals surface area (Å²) in [5, 5.41) is 12.4. The summed E-state index contributed by atoms with van der Waals surface area (Å²) in [7, 11) is -4.02. The third-order valence-electron chi connectivity index (χ3n) is 4.71. The summed E-state index contributed by atoms with van der Waals surface area (Å²) in [5.74, 6) is 0.772. The number of pyridine rings is 1. The maximum atomic E-state index is 10.5. The van der Waals surface area contributed by atoms with Crippen LogP contribution in [-0.2, 0) is 10.1 Å². The lowest BCUT2D eigenvalue weighted by molar-refractivity contribution is 0.297. The van der Waals surface area contributed by atoms with E-state index in [0.29, 0.717) is 16.2 Å². The maximum Gasteiger partial charge on any atom is 0.294 e. The highest BCUT2D eigenvalue weighted by Gasteiger charge is 2.39. The second-order valence-electron chi connectivity index (χ2n) is 6.61. The molecule has 0 unspecified atom stereocenters. The molecule has 2 N–H and O–H groups in total. The van der Waals surface area contributed by atoms with E-state index in [1.807, 2.05) is 19.2 Å². The summed E-state index contributed by atoms with van der Waals surface area (Å²) < 4.78 is 30.2. The van der Waals surface area contributed by atoms with Gasteiger partial charge in [0, 0.05) is 31.6 Å². The van der Waals surface area contributed by atoms with Crippen molar-refractivity contribution in [2.75, 3.05) is 24.5 Å². The summed E-state index contributed by atoms with van der Waals surface area (Å²) in [6, 6.07) is 10.7. The minimum absolute atomic E-state index is 0.0666. The van der Waals surface area contributed by atoms with Crippen LogP contribution in [0.5, 0.6) is 0 Å². The zero-order chi connectivity index (χ0) is 19.6. The SMILES string of the molecule is Cc1ccc(S(=O)(=O)O)cc1.N#Cc1cc(N2C[C@@H]3CN[C@@H]3C2)cnc1Br. The Bertz CT molecular complexity index is 961. The number of fused-ring (bicyclic) bond motifs is 1. The Labute approximate surface area is 166 Å². The molecule has 3 heterocycles. The molecule has 0 spiro atoms. The first kappa shape index (κ1) is 19.8. The highest BCUT2D eigenvalue weighted by atomic mass is 79.9. The van der Waals surface area contributed by atoms with E-state index in [1.54, 1.807) is 12.1 Å². The summed E-state index contributed by atoms with van der Waals surface area (Å²) in [6.45, 7) is 5.06. The van der Waals surface area contributed by atoms with Gasteiger partial charge in [-0.15, -0.1) is 0 Å². The molecule has 1 aromatic heterocycles. The quantitative estimate of drug-likeness (QED) is 0.533. The third-order valence-corrected chi connectivity index (χ3v) is 6.21. The molecule has 7 nitrogen and oxygen atoms in total. The largest absolute Gasteiger partial charge is 0.368 e. The van der Waals surface area contributed by atoms with Gasteiger partial charge in [-0.3, -0.25) is 4.55 Å². The molecule has 1 aromatic carbocycles. The number of nitrogens with one attached hydrogen (secondary N) is 1. The summed E-state index contributed by atoms with van der Waals surface area (Å²) in [4.78, 5) is 6.43. The molecule has 4 rings (SSSR count). The van der Waals surface area contributed by atoms with E-state index in [2.05, 4.69) is 37.2 Å². The standard InChI is InChI=1S/C11H11BrN4.C7H8O3S/c12-11-7(2-13)1-9(4-15-11)16-5-8-3-14-10(8)6-16;1-6-2-4-7(5-3-6)11(8,9)10/h1,4,8,10,14H,3,5-6H2;2-5H,1H3,(H,8,9,10)/t8-,10+;/m0./s1. The van der Waals surface area contributed by atoms with Crippen LogP contribution in [0.2, 0.25) is 0 Å². The molecule has 2 aliphatic rings. The Morgan fingerprint density at radius 2 is 2.04 bits per heavy atom. The Hall–Kier alpha value is -1.99. The molecule has 0 saturated carbocycles. The molecule has 0 radical (unpaired) electrons. The van der Waals surface area contributed by atoms with Gasteiger partial charge in [-0.25, -0.2) is 4.98 Å². The summed E-state index contributed by atoms with van der Waals surface area (Å²) in [6.07, 6.45) is 1.83. The number of halogens is 1. The zero-order valence-electron chi connectivity index (χ0n) is 14.6. The maximum absolute atomic E-state index is 10.5. The van der Waals surface area contributed by atoms with E-state index in [0.717, 1.165) is 36.8 Å². The highest BCUT2D eigenvalue weighted by Crippen LogP contribution is 2.29. The zero-order valence-corrected chi connectivity index (χ0v) is 17.0. The van der Waals surface area contributed by atoms with Gasteiger partial charge in [0.1, 0.15) is 10.7 Å². The molecule has 0 bridgehead atoms. The van der Waals surface area contributed by atoms with Crippen LogP contribution in [0.3, 0.4) is 0 Å². The van der Waals surface area contributed by atoms with Gasteiger partial charge in [-0.1, -0.05) is 17.7 Å². The Morgan fingerprint density at radius 3 is 2.52 bits per heavy atom. The number of nitrogens with zero attached hydrogens (tertiary/aromatic N) is 3. The van der Waals surface area contributed by atoms with Crippen LogP contribution >= 0.6 is 15.9 Å². The van der Waals surface area contributed by atoms with Crippen molar-refractivity contribution >= 4 is 31.7 Å². The van der Waals surface area contributed by atoms with Gasteiger partial charge in [0.2, 0.25) is 0 Å². The van der Waals surface area contributed by atoms with E-state index in [9.17, 15) is 8.42 Å². The lowest BCUT2D eigenvalue weighted by Crippen LogP contribution is -2.51. The molecule has 2 atom stereocenters. The van der Waals surface area contributed by atoms with Crippen LogP contribution in [0.25, 0.3) is 0 Å². The van der Waals surface area contributed by atoms with Gasteiger partial charge < -0.3 is 10.2 Å². The second kappa shape index (κ2) is 7.94. The molecule has 2 fully saturated rings. The predicted molar refractivity (Wildman–Crippen MR) is 105 cm³/mol. The number of aryl methyl sites for hydroxylation is 1. The van der Waals surface area contributed by atoms with Crippen molar-refractivity contribution in [3.8, 4) is 6.07 Å². The van der Waals surface area contributed by atoms with Crippen molar-refractivity contribution in [3.63, 3.8) is 0 Å². The number of aromatic nitrogens is 1. The highest BCUT2D eigenvalue weighted by molar-refractivity contribution is 9.10. The number of benzene rings is 1. The first-order valence-electron chi connectivity index (χ1n) is 8.36. The molecule has 27 heavy (non-hydrogen) atoms. The van der Waals surface area contributed by atoms with Crippen molar-refractivity contribution in [1.29, 1.82) is 5.26 Å². The summed E-state index contributed by atoms with van der Waals surface area (Å²) >= 11 is 3.27. The first-order valence-corrected chi connectivity index (χ1v) is 10.6. The van der Waals surface area contributed by atoms with E-state index in [1.165, 1.54) is 12.1 Å². The fourth-order valence-corrected chi connectivity index (χ4v) is 3.85. The third kappa shape index (κ3) is 4.65. The van der Waals surface area contributed by atoms with Crippen LogP contribution in [0.4, 0.5) is 5.69 Å². The van der Waals surface area contributed by atoms with Crippen LogP contribution in [-0.4, -0.2) is 43.6 Å². The number of hydrogen-bond donors (Lipinski definition) is 2. The smallest absolute Gasteiger partial charge is 0.294 e. The second-order valence-corrected chi connectivity index (χ2v) is 8.78. The number of hydrogen-bond acceptors (Lipinski definition) is 6. The van der Waals surface area contributed by atoms with E-state index in [4.69, 9.17) is 9.81 Å². The number of rotatable bonds is 2. The van der Waals surface area contributed by atoms with Crippen LogP contribution in [0, 0.1) is 24.2 Å². The normalized spacial score (nSPS) is 20.7. The van der Waals surface area contributed by atoms with Gasteiger partial charge in [-0.2, -0.15) is 13.7 Å². The Morgan fingerprint density at radius 1 is 1.33 bits per heavy atom. The molecule has 0 aliphatic carbocycles. The summed E-state index contributed by atoms with van der Waals surface area (Å²) in [5.41, 5.74) is 2.61. The average molecular weight is 451 g/mol. The Balaban J connectivity index is 0.000000168. The number of anilines is 1. The van der Waals surface area contributed by atoms with Crippen molar-refractivity contribution in [2.45, 2.75) is 17.9 Å². The van der Waals surface area contributed by atoms with Gasteiger partial charge in [0.05, 0.1) is 22.3 Å². The molecule has 0 amide bonds. The molecule has 9 heteroatoms. The molecule has 142 valence electrons. The van der Waals surface area contributed by atoms with E-state index in [-0.39, 0.29) is 4.90 Å². The Kier molecular flexibility index (Phi) is 5.81. The molecule has 2 aromatic rings. The fraction of sp³-hybridized carbons (Fsp3) is 0.333. The topological polar surface area (TPSA) is 106 Å². The lowest BCUT2D eigenvalue weighted by atomic mass is 9.96. The van der Waals surface area contributed by atoms with Crippen LogP contribution < -0.4 is 10.2 Å². The number of nitriles is 1. The minimum atomic E-state index is -4.02. The van der Waals surface area contributed by atoms with Crippen LogP contribution in [0.15, 0.2) is 46.0 Å². The van der Waals surface area contributed by atoms with Crippen molar-refractivity contribution in [2.24, 2.45) is 5.92 Å². The van der Waals surface area contributed by atoms with Crippen LogP contribution in [0.1, 0.15) is 11.1 Å². The predicted octanol–water partition coefficient (Wildman–Crippen LogP) is 2.37. The van der Waals surface area contributed by atoms with Gasteiger partial charge in [0.15, 0.2) is 0 Å². The minimum Gasteiger partial charge on any atom is -0.368 e. The van der Waals surface area contributed by atoms with E-state index >= 15 is 0 Å².